The predicted molar refractivity (Wildman–Crippen MR) is 218 cm³/mol. The molecule has 46 heavy (non-hydrogen) atoms. The molecule has 5 rings (SSSR count). The van der Waals surface area contributed by atoms with Crippen LogP contribution in [0, 0.1) is 68.9 Å². The fourth-order valence-corrected chi connectivity index (χ4v) is 14.5. The number of allylic oxidation sites excluding steroid dienone is 3. The molecule has 3 nitrogen and oxygen atoms in total. The number of hydrogen-bond donors (Lipinski definition) is 1. The van der Waals surface area contributed by atoms with Gasteiger partial charge in [0.2, 0.25) is 0 Å². The van der Waals surface area contributed by atoms with E-state index >= 15 is 0 Å². The van der Waals surface area contributed by atoms with E-state index in [0.29, 0.717) is 23.7 Å². The van der Waals surface area contributed by atoms with E-state index in [-0.39, 0.29) is 23.4 Å². The van der Waals surface area contributed by atoms with Gasteiger partial charge in [0.1, 0.15) is 6.10 Å². The zero-order valence-corrected chi connectivity index (χ0v) is 35.8. The number of nitrogen functional groups attached to an aromatic ring is 1. The summed E-state index contributed by atoms with van der Waals surface area (Å²) in [5.74, 6) is 5.15. The Morgan fingerprint density at radius 2 is 1.74 bits per heavy atom. The third-order valence-corrected chi connectivity index (χ3v) is 16.7. The number of nitrogens with two attached hydrogens (primary N) is 1. The van der Waals surface area contributed by atoms with Gasteiger partial charge in [-0.15, -0.1) is 0 Å². The van der Waals surface area contributed by atoms with Crippen LogP contribution in [0.15, 0.2) is 29.9 Å². The van der Waals surface area contributed by atoms with E-state index in [2.05, 4.69) is 141 Å². The zero-order chi connectivity index (χ0) is 33.6. The summed E-state index contributed by atoms with van der Waals surface area (Å²) >= 11 is 7.03. The summed E-state index contributed by atoms with van der Waals surface area (Å²) in [5.41, 5.74) is 10.7. The predicted octanol–water partition coefficient (Wildman–Crippen LogP) is 12.0. The van der Waals surface area contributed by atoms with Crippen LogP contribution in [0.1, 0.15) is 118 Å². The van der Waals surface area contributed by atoms with Crippen molar-refractivity contribution in [1.82, 2.24) is 0 Å². The van der Waals surface area contributed by atoms with Crippen molar-refractivity contribution in [2.75, 3.05) is 5.73 Å². The highest BCUT2D eigenvalue weighted by molar-refractivity contribution is 14.1. The van der Waals surface area contributed by atoms with E-state index in [1.807, 2.05) is 0 Å². The first-order valence-electron chi connectivity index (χ1n) is 18.2. The highest BCUT2D eigenvalue weighted by Crippen LogP contribution is 2.67. The molecular weight excluding hydrogens is 907 g/mol. The molecule has 3 fully saturated rings. The lowest BCUT2D eigenvalue weighted by Gasteiger charge is -2.58. The van der Waals surface area contributed by atoms with Crippen LogP contribution in [-0.2, 0) is 16.0 Å². The molecule has 0 amide bonds. The number of anilines is 1. The number of benzene rings is 1. The fourth-order valence-electron chi connectivity index (χ4n) is 10.7. The van der Waals surface area contributed by atoms with Gasteiger partial charge in [-0.2, -0.15) is 0 Å². The summed E-state index contributed by atoms with van der Waals surface area (Å²) in [4.78, 5) is 13.6. The molecule has 10 atom stereocenters. The van der Waals surface area contributed by atoms with Gasteiger partial charge < -0.3 is 10.5 Å². The second-order valence-electron chi connectivity index (χ2n) is 16.2. The summed E-state index contributed by atoms with van der Waals surface area (Å²) in [6.07, 6.45) is 20.3. The molecule has 3 saturated carbocycles. The maximum absolute atomic E-state index is 13.6. The van der Waals surface area contributed by atoms with E-state index in [9.17, 15) is 4.79 Å². The number of carbonyl (C=O) groups is 1. The maximum atomic E-state index is 13.6. The van der Waals surface area contributed by atoms with Gasteiger partial charge in [0.25, 0.3) is 0 Å². The van der Waals surface area contributed by atoms with E-state index in [1.54, 1.807) is 5.57 Å². The Hall–Kier alpha value is 0.160. The van der Waals surface area contributed by atoms with Crippen molar-refractivity contribution in [2.24, 2.45) is 58.2 Å². The van der Waals surface area contributed by atoms with Crippen LogP contribution >= 0.6 is 67.8 Å². The van der Waals surface area contributed by atoms with Crippen LogP contribution in [0.2, 0.25) is 0 Å². The smallest absolute Gasteiger partial charge is 0.309 e. The van der Waals surface area contributed by atoms with Gasteiger partial charge in [0, 0.05) is 17.1 Å². The van der Waals surface area contributed by atoms with Crippen LogP contribution < -0.4 is 5.73 Å². The molecule has 0 heterocycles. The van der Waals surface area contributed by atoms with E-state index < -0.39 is 0 Å². The first-order valence-corrected chi connectivity index (χ1v) is 21.5. The van der Waals surface area contributed by atoms with Crippen molar-refractivity contribution < 1.29 is 9.53 Å². The van der Waals surface area contributed by atoms with Crippen molar-refractivity contribution in [3.63, 3.8) is 0 Å². The molecular formula is C40H58I3NO2. The highest BCUT2D eigenvalue weighted by atomic mass is 127. The number of fused-ring (bicyclic) bond motifs is 5. The third-order valence-electron chi connectivity index (χ3n) is 13.6. The maximum Gasteiger partial charge on any atom is 0.309 e. The SMILES string of the molecule is CCC(Cc1c(I)cc(I)c(N)c1I)C(=O)O[C@H]1CC[C@@]2(C)C(=CC[C@H]3[C@@H]4CC[C@H]([C@H](C)C=C[C@@H](CC)C(C)C)[C@@]4(C)CC[C@@H]32)C1. The molecule has 2 N–H and O–H groups in total. The average Bonchev–Trinajstić information content (AvgIpc) is 3.37. The van der Waals surface area contributed by atoms with Crippen LogP contribution in [0.25, 0.3) is 0 Å². The number of carbonyl (C=O) groups excluding carboxylic acids is 1. The summed E-state index contributed by atoms with van der Waals surface area (Å²) in [6, 6.07) is 2.13. The molecule has 1 aromatic carbocycles. The Bertz CT molecular complexity index is 1340. The van der Waals surface area contributed by atoms with Crippen LogP contribution in [0.4, 0.5) is 5.69 Å². The number of ether oxygens (including phenoxy) is 1. The molecule has 4 aliphatic rings. The minimum Gasteiger partial charge on any atom is -0.462 e. The topological polar surface area (TPSA) is 52.3 Å². The number of rotatable bonds is 10. The van der Waals surface area contributed by atoms with Gasteiger partial charge in [-0.25, -0.2) is 0 Å². The Morgan fingerprint density at radius 3 is 2.41 bits per heavy atom. The summed E-state index contributed by atoms with van der Waals surface area (Å²) < 4.78 is 9.68. The molecule has 4 aliphatic carbocycles. The highest BCUT2D eigenvalue weighted by Gasteiger charge is 2.59. The van der Waals surface area contributed by atoms with Gasteiger partial charge >= 0.3 is 5.97 Å². The second kappa shape index (κ2) is 15.2. The largest absolute Gasteiger partial charge is 0.462 e. The lowest BCUT2D eigenvalue weighted by molar-refractivity contribution is -0.156. The summed E-state index contributed by atoms with van der Waals surface area (Å²) in [5, 5.41) is 0. The Morgan fingerprint density at radius 1 is 1.00 bits per heavy atom. The van der Waals surface area contributed by atoms with Gasteiger partial charge in [0.05, 0.1) is 11.6 Å². The van der Waals surface area contributed by atoms with Gasteiger partial charge in [-0.05, 0) is 196 Å². The second-order valence-corrected chi connectivity index (χ2v) is 19.6. The molecule has 0 saturated heterocycles. The average molecular weight is 966 g/mol. The lowest BCUT2D eigenvalue weighted by Crippen LogP contribution is -2.51. The Balaban J connectivity index is 1.24. The van der Waals surface area contributed by atoms with Gasteiger partial charge in [-0.1, -0.05) is 72.3 Å². The standard InChI is InChI=1S/C40H58I3NO2/c1-8-25(23(3)4)11-10-24(5)31-14-15-32-29-13-12-27-21-28(16-18-39(27,6)33(29)17-19-40(31,32)7)46-38(45)26(9-2)20-30-34(41)22-35(42)37(44)36(30)43/h10-12,22-26,28-29,31-33H,8-9,13-21,44H2,1-7H3/t24-,25-,26?,28+,29+,31-,32+,33+,39+,40-/m1/s1. The quantitative estimate of drug-likeness (QED) is 0.110. The molecule has 0 aliphatic heterocycles. The molecule has 0 spiro atoms. The van der Waals surface area contributed by atoms with Crippen LogP contribution in [-0.4, -0.2) is 12.1 Å². The Kier molecular flexibility index (Phi) is 12.3. The molecule has 0 radical (unpaired) electrons. The van der Waals surface area contributed by atoms with Crippen molar-refractivity contribution in [3.05, 3.63) is 46.1 Å². The molecule has 0 aromatic heterocycles. The van der Waals surface area contributed by atoms with Crippen molar-refractivity contribution >= 4 is 79.4 Å². The van der Waals surface area contributed by atoms with Gasteiger partial charge in [0.15, 0.2) is 0 Å². The third kappa shape index (κ3) is 7.16. The molecule has 1 unspecified atom stereocenters. The molecule has 1 aromatic rings. The Labute approximate surface area is 321 Å². The minimum absolute atomic E-state index is 0.00694. The molecule has 6 heteroatoms. The lowest BCUT2D eigenvalue weighted by atomic mass is 9.47. The van der Waals surface area contributed by atoms with E-state index in [4.69, 9.17) is 10.5 Å². The first-order chi connectivity index (χ1) is 21.7. The molecule has 256 valence electrons. The van der Waals surface area contributed by atoms with Crippen LogP contribution in [0.3, 0.4) is 0 Å². The first kappa shape index (κ1) is 37.4. The van der Waals surface area contributed by atoms with Gasteiger partial charge in [-0.3, -0.25) is 4.79 Å². The zero-order valence-electron chi connectivity index (χ0n) is 29.3. The van der Waals surface area contributed by atoms with Crippen molar-refractivity contribution in [1.29, 1.82) is 0 Å². The number of esters is 1. The summed E-state index contributed by atoms with van der Waals surface area (Å²) in [7, 11) is 0. The van der Waals surface area contributed by atoms with E-state index in [0.717, 1.165) is 68.1 Å². The summed E-state index contributed by atoms with van der Waals surface area (Å²) in [6.45, 7) is 16.9. The van der Waals surface area contributed by atoms with Crippen molar-refractivity contribution in [3.8, 4) is 0 Å². The molecule has 0 bridgehead atoms. The fraction of sp³-hybridized carbons (Fsp3) is 0.725. The van der Waals surface area contributed by atoms with E-state index in [1.165, 1.54) is 47.7 Å². The normalized spacial score (nSPS) is 34.4. The van der Waals surface area contributed by atoms with Crippen LogP contribution in [0.5, 0.6) is 0 Å². The monoisotopic (exact) mass is 965 g/mol. The number of halogens is 3. The number of hydrogen-bond acceptors (Lipinski definition) is 3. The minimum atomic E-state index is -0.138. The van der Waals surface area contributed by atoms with Crippen molar-refractivity contribution in [2.45, 2.75) is 125 Å².